The number of carboxylic acids is 1. The molecule has 2 rings (SSSR count). The lowest BCUT2D eigenvalue weighted by molar-refractivity contribution is 0.0687. The average molecular weight is 287 g/mol. The highest BCUT2D eigenvalue weighted by Gasteiger charge is 2.20. The van der Waals surface area contributed by atoms with E-state index in [9.17, 15) is 9.59 Å². The van der Waals surface area contributed by atoms with Gasteiger partial charge in [-0.05, 0) is 24.3 Å². The van der Waals surface area contributed by atoms with Crippen molar-refractivity contribution in [3.05, 3.63) is 40.4 Å². The van der Waals surface area contributed by atoms with Crippen molar-refractivity contribution in [3.63, 3.8) is 0 Å². The van der Waals surface area contributed by atoms with Gasteiger partial charge in [0.25, 0.3) is 0 Å². The van der Waals surface area contributed by atoms with Crippen LogP contribution in [0.4, 0.5) is 10.8 Å². The van der Waals surface area contributed by atoms with E-state index in [4.69, 9.17) is 10.4 Å². The topological polar surface area (TPSA) is 103 Å². The van der Waals surface area contributed by atoms with Crippen molar-refractivity contribution in [1.82, 2.24) is 4.98 Å². The Morgan fingerprint density at radius 2 is 2.00 bits per heavy atom. The molecule has 0 saturated heterocycles. The zero-order valence-electron chi connectivity index (χ0n) is 10.4. The van der Waals surface area contributed by atoms with Crippen molar-refractivity contribution in [2.45, 2.75) is 6.92 Å². The Balaban J connectivity index is 2.29. The summed E-state index contributed by atoms with van der Waals surface area (Å²) in [5.41, 5.74) is 0.925. The predicted octanol–water partition coefficient (Wildman–Crippen LogP) is 2.66. The van der Waals surface area contributed by atoms with Crippen LogP contribution in [-0.4, -0.2) is 21.8 Å². The molecule has 0 unspecified atom stereocenters. The number of carbonyl (C=O) groups excluding carboxylic acids is 1. The molecule has 0 atom stereocenters. The number of aromatic carboxylic acids is 1. The molecular weight excluding hydrogens is 278 g/mol. The number of hydrogen-bond donors (Lipinski definition) is 2. The SMILES string of the molecule is CC(=O)c1sc(Nc2ccc(C#N)cc2)nc1C(=O)O. The number of Topliss-reactive ketones (excluding diaryl/α,β-unsaturated/α-hetero) is 1. The molecule has 100 valence electrons. The van der Waals surface area contributed by atoms with Crippen LogP contribution in [0.5, 0.6) is 0 Å². The number of thiazole rings is 1. The fourth-order valence-electron chi connectivity index (χ4n) is 1.51. The van der Waals surface area contributed by atoms with E-state index in [1.807, 2.05) is 6.07 Å². The summed E-state index contributed by atoms with van der Waals surface area (Å²) in [4.78, 5) is 26.4. The molecule has 1 aromatic carbocycles. The van der Waals surface area contributed by atoms with Gasteiger partial charge in [0.05, 0.1) is 11.6 Å². The minimum absolute atomic E-state index is 0.105. The Morgan fingerprint density at radius 3 is 2.45 bits per heavy atom. The Bertz CT molecular complexity index is 682. The van der Waals surface area contributed by atoms with Crippen LogP contribution >= 0.6 is 11.3 Å². The van der Waals surface area contributed by atoms with Crippen molar-refractivity contribution in [2.75, 3.05) is 5.32 Å². The number of benzene rings is 1. The quantitative estimate of drug-likeness (QED) is 0.838. The third-order valence-electron chi connectivity index (χ3n) is 2.41. The van der Waals surface area contributed by atoms with Gasteiger partial charge in [-0.3, -0.25) is 4.79 Å². The maximum atomic E-state index is 11.4. The summed E-state index contributed by atoms with van der Waals surface area (Å²) < 4.78 is 0. The van der Waals surface area contributed by atoms with Gasteiger partial charge in [-0.25, -0.2) is 9.78 Å². The number of anilines is 2. The second-order valence-electron chi connectivity index (χ2n) is 3.87. The van der Waals surface area contributed by atoms with E-state index in [2.05, 4.69) is 10.3 Å². The summed E-state index contributed by atoms with van der Waals surface area (Å²) in [7, 11) is 0. The van der Waals surface area contributed by atoms with E-state index < -0.39 is 5.97 Å². The van der Waals surface area contributed by atoms with E-state index in [0.717, 1.165) is 11.3 Å². The van der Waals surface area contributed by atoms with Gasteiger partial charge in [-0.1, -0.05) is 11.3 Å². The summed E-state index contributed by atoms with van der Waals surface area (Å²) in [6, 6.07) is 8.60. The summed E-state index contributed by atoms with van der Waals surface area (Å²) in [6.45, 7) is 1.30. The number of ketones is 1. The second-order valence-corrected chi connectivity index (χ2v) is 4.87. The molecule has 20 heavy (non-hydrogen) atoms. The highest BCUT2D eigenvalue weighted by atomic mass is 32.1. The van der Waals surface area contributed by atoms with E-state index in [0.29, 0.717) is 16.4 Å². The van der Waals surface area contributed by atoms with Crippen molar-refractivity contribution in [1.29, 1.82) is 5.26 Å². The molecule has 0 radical (unpaired) electrons. The monoisotopic (exact) mass is 287 g/mol. The Hall–Kier alpha value is -2.72. The van der Waals surface area contributed by atoms with Gasteiger partial charge in [0.15, 0.2) is 16.6 Å². The molecule has 0 saturated carbocycles. The van der Waals surface area contributed by atoms with E-state index in [-0.39, 0.29) is 16.4 Å². The van der Waals surface area contributed by atoms with Crippen molar-refractivity contribution in [3.8, 4) is 6.07 Å². The smallest absolute Gasteiger partial charge is 0.356 e. The fourth-order valence-corrected chi connectivity index (χ4v) is 2.38. The molecule has 0 aliphatic carbocycles. The normalized spacial score (nSPS) is 9.80. The fraction of sp³-hybridized carbons (Fsp3) is 0.0769. The van der Waals surface area contributed by atoms with Crippen LogP contribution in [0.2, 0.25) is 0 Å². The molecule has 1 heterocycles. The largest absolute Gasteiger partial charge is 0.476 e. The first kappa shape index (κ1) is 13.7. The van der Waals surface area contributed by atoms with Gasteiger partial charge < -0.3 is 10.4 Å². The Kier molecular flexibility index (Phi) is 3.77. The molecule has 2 N–H and O–H groups in total. The standard InChI is InChI=1S/C13H9N3O3S/c1-7(17)11-10(12(18)19)16-13(20-11)15-9-4-2-8(6-14)3-5-9/h2-5H,1H3,(H,15,16)(H,18,19). The molecule has 0 fully saturated rings. The van der Waals surface area contributed by atoms with E-state index in [1.165, 1.54) is 6.92 Å². The third kappa shape index (κ3) is 2.81. The first-order valence-electron chi connectivity index (χ1n) is 5.53. The van der Waals surface area contributed by atoms with E-state index >= 15 is 0 Å². The maximum Gasteiger partial charge on any atom is 0.356 e. The zero-order chi connectivity index (χ0) is 14.7. The molecule has 1 aromatic heterocycles. The number of rotatable bonds is 4. The maximum absolute atomic E-state index is 11.4. The molecular formula is C13H9N3O3S. The number of nitriles is 1. The molecule has 0 aliphatic rings. The molecule has 0 spiro atoms. The lowest BCUT2D eigenvalue weighted by atomic mass is 10.2. The minimum Gasteiger partial charge on any atom is -0.476 e. The minimum atomic E-state index is -1.24. The Labute approximate surface area is 118 Å². The number of nitrogens with zero attached hydrogens (tertiary/aromatic N) is 2. The van der Waals surface area contributed by atoms with Gasteiger partial charge >= 0.3 is 5.97 Å². The summed E-state index contributed by atoms with van der Waals surface area (Å²) in [5, 5.41) is 20.9. The van der Waals surface area contributed by atoms with Gasteiger partial charge in [0, 0.05) is 12.6 Å². The number of aromatic nitrogens is 1. The lowest BCUT2D eigenvalue weighted by Crippen LogP contribution is -2.03. The van der Waals surface area contributed by atoms with Gasteiger partial charge in [0.1, 0.15) is 4.88 Å². The summed E-state index contributed by atoms with van der Waals surface area (Å²) in [6.07, 6.45) is 0. The summed E-state index contributed by atoms with van der Waals surface area (Å²) >= 11 is 0.983. The van der Waals surface area contributed by atoms with E-state index in [1.54, 1.807) is 24.3 Å². The number of nitrogens with one attached hydrogen (secondary N) is 1. The molecule has 2 aromatic rings. The van der Waals surface area contributed by atoms with Crippen LogP contribution in [0.15, 0.2) is 24.3 Å². The van der Waals surface area contributed by atoms with Crippen LogP contribution in [0.1, 0.15) is 32.6 Å². The first-order valence-corrected chi connectivity index (χ1v) is 6.35. The highest BCUT2D eigenvalue weighted by Crippen LogP contribution is 2.26. The highest BCUT2D eigenvalue weighted by molar-refractivity contribution is 7.17. The number of carbonyl (C=O) groups is 2. The third-order valence-corrected chi connectivity index (χ3v) is 3.49. The van der Waals surface area contributed by atoms with Gasteiger partial charge in [-0.2, -0.15) is 5.26 Å². The van der Waals surface area contributed by atoms with Gasteiger partial charge in [0.2, 0.25) is 0 Å². The van der Waals surface area contributed by atoms with Crippen LogP contribution in [-0.2, 0) is 0 Å². The lowest BCUT2D eigenvalue weighted by Gasteiger charge is -2.01. The molecule has 7 heteroatoms. The first-order chi connectivity index (χ1) is 9.51. The van der Waals surface area contributed by atoms with Crippen LogP contribution in [0.25, 0.3) is 0 Å². The zero-order valence-corrected chi connectivity index (χ0v) is 11.2. The molecule has 0 bridgehead atoms. The molecule has 0 aliphatic heterocycles. The summed E-state index contributed by atoms with van der Waals surface area (Å²) in [5.74, 6) is -1.58. The van der Waals surface area contributed by atoms with Crippen LogP contribution in [0.3, 0.4) is 0 Å². The van der Waals surface area contributed by atoms with Crippen LogP contribution < -0.4 is 5.32 Å². The molecule has 0 amide bonds. The second kappa shape index (κ2) is 5.50. The van der Waals surface area contributed by atoms with Crippen molar-refractivity contribution >= 4 is 33.9 Å². The van der Waals surface area contributed by atoms with Crippen LogP contribution in [0, 0.1) is 11.3 Å². The predicted molar refractivity (Wildman–Crippen MR) is 73.5 cm³/mol. The number of hydrogen-bond acceptors (Lipinski definition) is 6. The Morgan fingerprint density at radius 1 is 1.35 bits per heavy atom. The average Bonchev–Trinajstić information content (AvgIpc) is 2.84. The van der Waals surface area contributed by atoms with Crippen molar-refractivity contribution < 1.29 is 14.7 Å². The van der Waals surface area contributed by atoms with Crippen molar-refractivity contribution in [2.24, 2.45) is 0 Å². The molecule has 6 nitrogen and oxygen atoms in total. The number of carboxylic acid groups (broad SMARTS) is 1. The van der Waals surface area contributed by atoms with Gasteiger partial charge in [-0.15, -0.1) is 0 Å².